The van der Waals surface area contributed by atoms with Crippen LogP contribution in [0.2, 0.25) is 0 Å². The number of aromatic nitrogens is 1. The molecule has 6 rings (SSSR count). The fraction of sp³-hybridized carbons (Fsp3) is 0.0714. The Morgan fingerprint density at radius 2 is 1.62 bits per heavy atom. The van der Waals surface area contributed by atoms with Crippen molar-refractivity contribution in [2.24, 2.45) is 0 Å². The lowest BCUT2D eigenvalue weighted by Crippen LogP contribution is -2.40. The summed E-state index contributed by atoms with van der Waals surface area (Å²) in [6.45, 7) is 0. The van der Waals surface area contributed by atoms with E-state index in [2.05, 4.69) is 10.3 Å². The molecule has 0 saturated heterocycles. The van der Waals surface area contributed by atoms with Crippen LogP contribution in [0.15, 0.2) is 83.2 Å². The van der Waals surface area contributed by atoms with Crippen molar-refractivity contribution in [3.05, 3.63) is 95.6 Å². The van der Waals surface area contributed by atoms with Gasteiger partial charge in [-0.2, -0.15) is 13.2 Å². The van der Waals surface area contributed by atoms with Crippen LogP contribution in [0.4, 0.5) is 24.5 Å². The van der Waals surface area contributed by atoms with Crippen molar-refractivity contribution in [3.8, 4) is 0 Å². The Balaban J connectivity index is 1.20. The standard InChI is InChI=1S/C28H16F3N3O3S2/c29-28(30,31)16-6-3-7-17(12-16)32-23(35)14-38-27-33-21-11-10-18(13-22(21)39-27)34-25(36)19-8-1-4-15-5-2-9-20(24(15)19)26(34)37/h1-13H,14H2,(H,32,35). The number of hydrogen-bond donors (Lipinski definition) is 1. The van der Waals surface area contributed by atoms with Crippen LogP contribution >= 0.6 is 23.1 Å². The van der Waals surface area contributed by atoms with Gasteiger partial charge in [0.15, 0.2) is 4.34 Å². The van der Waals surface area contributed by atoms with E-state index in [4.69, 9.17) is 0 Å². The van der Waals surface area contributed by atoms with Crippen LogP contribution < -0.4 is 10.2 Å². The molecule has 5 aromatic rings. The average molecular weight is 564 g/mol. The smallest absolute Gasteiger partial charge is 0.325 e. The van der Waals surface area contributed by atoms with Crippen molar-refractivity contribution in [3.63, 3.8) is 0 Å². The molecule has 0 unspecified atom stereocenters. The SMILES string of the molecule is O=C(CSc1nc2ccc(N3C(=O)c4cccc5cccc(c45)C3=O)cc2s1)Nc1cccc(C(F)(F)F)c1. The minimum absolute atomic E-state index is 0.0532. The Hall–Kier alpha value is -4.22. The van der Waals surface area contributed by atoms with Gasteiger partial charge in [0.05, 0.1) is 27.2 Å². The predicted octanol–water partition coefficient (Wildman–Crippen LogP) is 7.00. The summed E-state index contributed by atoms with van der Waals surface area (Å²) in [6, 6.07) is 20.2. The van der Waals surface area contributed by atoms with Crippen LogP contribution in [-0.4, -0.2) is 28.5 Å². The number of alkyl halides is 3. The van der Waals surface area contributed by atoms with Gasteiger partial charge in [-0.3, -0.25) is 14.4 Å². The number of carbonyl (C=O) groups excluding carboxylic acids is 3. The lowest BCUT2D eigenvalue weighted by atomic mass is 9.94. The molecule has 0 aliphatic carbocycles. The summed E-state index contributed by atoms with van der Waals surface area (Å²) in [4.78, 5) is 44.7. The number of hydrogen-bond acceptors (Lipinski definition) is 6. The molecule has 1 aliphatic heterocycles. The third kappa shape index (κ3) is 4.64. The predicted molar refractivity (Wildman–Crippen MR) is 146 cm³/mol. The zero-order valence-electron chi connectivity index (χ0n) is 19.8. The molecule has 3 amide bonds. The van der Waals surface area contributed by atoms with Crippen molar-refractivity contribution < 1.29 is 27.6 Å². The van der Waals surface area contributed by atoms with Gasteiger partial charge < -0.3 is 5.32 Å². The molecule has 1 aromatic heterocycles. The molecule has 0 fully saturated rings. The lowest BCUT2D eigenvalue weighted by molar-refractivity contribution is -0.137. The van der Waals surface area contributed by atoms with Gasteiger partial charge in [-0.25, -0.2) is 9.88 Å². The molecule has 4 aromatic carbocycles. The van der Waals surface area contributed by atoms with E-state index < -0.39 is 29.5 Å². The molecule has 6 nitrogen and oxygen atoms in total. The number of fused-ring (bicyclic) bond motifs is 1. The van der Waals surface area contributed by atoms with E-state index in [1.54, 1.807) is 42.5 Å². The summed E-state index contributed by atoms with van der Waals surface area (Å²) in [5, 5.41) is 3.94. The molecule has 0 saturated carbocycles. The number of rotatable bonds is 5. The Morgan fingerprint density at radius 3 is 2.31 bits per heavy atom. The molecular formula is C28H16F3N3O3S2. The van der Waals surface area contributed by atoms with E-state index in [9.17, 15) is 27.6 Å². The maximum atomic E-state index is 13.3. The molecule has 0 radical (unpaired) electrons. The fourth-order valence-corrected chi connectivity index (χ4v) is 6.36. The van der Waals surface area contributed by atoms with Crippen LogP contribution in [0.1, 0.15) is 26.3 Å². The maximum Gasteiger partial charge on any atom is 0.416 e. The summed E-state index contributed by atoms with van der Waals surface area (Å²) in [7, 11) is 0. The Kier molecular flexibility index (Phi) is 6.12. The number of nitrogens with zero attached hydrogens (tertiary/aromatic N) is 2. The Bertz CT molecular complexity index is 1770. The van der Waals surface area contributed by atoms with Crippen molar-refractivity contribution in [1.29, 1.82) is 0 Å². The number of carbonyl (C=O) groups is 3. The van der Waals surface area contributed by atoms with Crippen molar-refractivity contribution in [2.45, 2.75) is 10.5 Å². The first-order valence-electron chi connectivity index (χ1n) is 11.6. The zero-order valence-corrected chi connectivity index (χ0v) is 21.4. The maximum absolute atomic E-state index is 13.3. The number of thioether (sulfide) groups is 1. The number of anilines is 2. The molecule has 1 aliphatic rings. The molecule has 0 spiro atoms. The van der Waals surface area contributed by atoms with Crippen molar-refractivity contribution in [2.75, 3.05) is 16.0 Å². The van der Waals surface area contributed by atoms with Crippen LogP contribution in [0, 0.1) is 0 Å². The van der Waals surface area contributed by atoms with Crippen LogP contribution in [0.25, 0.3) is 21.0 Å². The highest BCUT2D eigenvalue weighted by atomic mass is 32.2. The van der Waals surface area contributed by atoms with E-state index in [1.807, 2.05) is 12.1 Å². The molecule has 1 N–H and O–H groups in total. The van der Waals surface area contributed by atoms with E-state index in [0.29, 0.717) is 36.8 Å². The number of nitrogens with one attached hydrogen (secondary N) is 1. The molecule has 0 atom stereocenters. The van der Waals surface area contributed by atoms with E-state index in [-0.39, 0.29) is 11.4 Å². The van der Waals surface area contributed by atoms with Gasteiger partial charge in [0, 0.05) is 22.2 Å². The third-order valence-corrected chi connectivity index (χ3v) is 8.34. The van der Waals surface area contributed by atoms with Crippen molar-refractivity contribution >= 4 is 73.2 Å². The summed E-state index contributed by atoms with van der Waals surface area (Å²) in [5.41, 5.74) is 1.15. The molecule has 39 heavy (non-hydrogen) atoms. The highest BCUT2D eigenvalue weighted by molar-refractivity contribution is 8.01. The van der Waals surface area contributed by atoms with Gasteiger partial charge in [-0.15, -0.1) is 11.3 Å². The second-order valence-corrected chi connectivity index (χ2v) is 11.0. The van der Waals surface area contributed by atoms with Gasteiger partial charge >= 0.3 is 6.18 Å². The fourth-order valence-electron chi connectivity index (χ4n) is 4.46. The number of benzene rings is 4. The zero-order chi connectivity index (χ0) is 27.3. The number of thiazole rings is 1. The van der Waals surface area contributed by atoms with E-state index >= 15 is 0 Å². The van der Waals surface area contributed by atoms with Gasteiger partial charge in [-0.1, -0.05) is 42.1 Å². The highest BCUT2D eigenvalue weighted by Crippen LogP contribution is 2.36. The van der Waals surface area contributed by atoms with E-state index in [0.717, 1.165) is 34.2 Å². The normalized spacial score (nSPS) is 13.4. The van der Waals surface area contributed by atoms with E-state index in [1.165, 1.54) is 23.5 Å². The number of halogens is 3. The molecular weight excluding hydrogens is 547 g/mol. The Labute approximate surface area is 227 Å². The minimum Gasteiger partial charge on any atom is -0.325 e. The molecule has 2 heterocycles. The molecule has 194 valence electrons. The first-order chi connectivity index (χ1) is 18.7. The summed E-state index contributed by atoms with van der Waals surface area (Å²) >= 11 is 2.42. The van der Waals surface area contributed by atoms with Crippen LogP contribution in [-0.2, 0) is 11.0 Å². The highest BCUT2D eigenvalue weighted by Gasteiger charge is 2.34. The molecule has 0 bridgehead atoms. The van der Waals surface area contributed by atoms with Gasteiger partial charge in [-0.05, 0) is 53.9 Å². The van der Waals surface area contributed by atoms with Gasteiger partial charge in [0.2, 0.25) is 5.91 Å². The topological polar surface area (TPSA) is 79.4 Å². The summed E-state index contributed by atoms with van der Waals surface area (Å²) in [6.07, 6.45) is -4.50. The van der Waals surface area contributed by atoms with Crippen LogP contribution in [0.5, 0.6) is 0 Å². The number of imide groups is 1. The Morgan fingerprint density at radius 1 is 0.923 bits per heavy atom. The van der Waals surface area contributed by atoms with Crippen molar-refractivity contribution in [1.82, 2.24) is 4.98 Å². The summed E-state index contributed by atoms with van der Waals surface area (Å²) < 4.78 is 40.0. The number of amides is 3. The van der Waals surface area contributed by atoms with Gasteiger partial charge in [0.25, 0.3) is 11.8 Å². The lowest BCUT2D eigenvalue weighted by Gasteiger charge is -2.27. The summed E-state index contributed by atoms with van der Waals surface area (Å²) in [5.74, 6) is -1.35. The first kappa shape index (κ1) is 25.1. The van der Waals surface area contributed by atoms with Gasteiger partial charge in [0.1, 0.15) is 0 Å². The molecule has 11 heteroatoms. The third-order valence-electron chi connectivity index (χ3n) is 6.18. The average Bonchev–Trinajstić information content (AvgIpc) is 3.33. The quantitative estimate of drug-likeness (QED) is 0.184. The largest absolute Gasteiger partial charge is 0.416 e. The second-order valence-electron chi connectivity index (χ2n) is 8.70. The first-order valence-corrected chi connectivity index (χ1v) is 13.4. The minimum atomic E-state index is -4.50. The second kappa shape index (κ2) is 9.51. The monoisotopic (exact) mass is 563 g/mol. The van der Waals surface area contributed by atoms with Crippen LogP contribution in [0.3, 0.4) is 0 Å².